The van der Waals surface area contributed by atoms with Gasteiger partial charge >= 0.3 is 0 Å². The standard InChI is InChI=1S/C11H18O2/c1-4-10(12)6-5-7-11(13)8-9(2)3/h4,9H,1,5-8H2,2-3H3. The molecule has 0 N–H and O–H groups in total. The Balaban J connectivity index is 3.48. The van der Waals surface area contributed by atoms with Crippen molar-refractivity contribution >= 4 is 11.6 Å². The molecule has 0 amide bonds. The number of ketones is 2. The molecule has 0 bridgehead atoms. The molecule has 13 heavy (non-hydrogen) atoms. The van der Waals surface area contributed by atoms with Crippen molar-refractivity contribution in [2.24, 2.45) is 5.92 Å². The van der Waals surface area contributed by atoms with Crippen LogP contribution in [-0.4, -0.2) is 11.6 Å². The van der Waals surface area contributed by atoms with E-state index in [1.807, 2.05) is 13.8 Å². The van der Waals surface area contributed by atoms with Crippen molar-refractivity contribution in [1.29, 1.82) is 0 Å². The largest absolute Gasteiger partial charge is 0.300 e. The summed E-state index contributed by atoms with van der Waals surface area (Å²) in [5.41, 5.74) is 0. The highest BCUT2D eigenvalue weighted by atomic mass is 16.1. The summed E-state index contributed by atoms with van der Waals surface area (Å²) < 4.78 is 0. The highest BCUT2D eigenvalue weighted by Gasteiger charge is 2.05. The van der Waals surface area contributed by atoms with Crippen LogP contribution in [0.4, 0.5) is 0 Å². The minimum atomic E-state index is 0.0253. The topological polar surface area (TPSA) is 34.1 Å². The van der Waals surface area contributed by atoms with Gasteiger partial charge in [0.2, 0.25) is 0 Å². The van der Waals surface area contributed by atoms with Crippen LogP contribution in [0.1, 0.15) is 39.5 Å². The van der Waals surface area contributed by atoms with Crippen LogP contribution < -0.4 is 0 Å². The number of rotatable bonds is 7. The van der Waals surface area contributed by atoms with E-state index in [0.717, 1.165) is 0 Å². The number of hydrogen-bond donors (Lipinski definition) is 0. The molecule has 0 aliphatic carbocycles. The van der Waals surface area contributed by atoms with E-state index < -0.39 is 0 Å². The fourth-order valence-corrected chi connectivity index (χ4v) is 1.12. The van der Waals surface area contributed by atoms with Crippen molar-refractivity contribution in [1.82, 2.24) is 0 Å². The van der Waals surface area contributed by atoms with Gasteiger partial charge in [-0.05, 0) is 18.4 Å². The van der Waals surface area contributed by atoms with Gasteiger partial charge in [-0.3, -0.25) is 9.59 Å². The lowest BCUT2D eigenvalue weighted by atomic mass is 10.0. The van der Waals surface area contributed by atoms with Crippen molar-refractivity contribution in [2.45, 2.75) is 39.5 Å². The SMILES string of the molecule is C=CC(=O)CCCC(=O)CC(C)C. The molecule has 0 saturated carbocycles. The summed E-state index contributed by atoms with van der Waals surface area (Å²) in [7, 11) is 0. The maximum absolute atomic E-state index is 11.2. The fourth-order valence-electron chi connectivity index (χ4n) is 1.12. The van der Waals surface area contributed by atoms with Gasteiger partial charge in [0.05, 0.1) is 0 Å². The summed E-state index contributed by atoms with van der Waals surface area (Å²) in [5, 5.41) is 0. The minimum absolute atomic E-state index is 0.0253. The third-order valence-corrected chi connectivity index (χ3v) is 1.74. The third kappa shape index (κ3) is 7.44. The quantitative estimate of drug-likeness (QED) is 0.567. The molecule has 0 rings (SSSR count). The summed E-state index contributed by atoms with van der Waals surface area (Å²) in [6.07, 6.45) is 3.58. The van der Waals surface area contributed by atoms with E-state index in [-0.39, 0.29) is 11.6 Å². The summed E-state index contributed by atoms with van der Waals surface area (Å²) >= 11 is 0. The Morgan fingerprint density at radius 1 is 1.31 bits per heavy atom. The van der Waals surface area contributed by atoms with Crippen molar-refractivity contribution in [3.05, 3.63) is 12.7 Å². The molecule has 0 atom stereocenters. The average molecular weight is 182 g/mol. The predicted octanol–water partition coefficient (Wildman–Crippen LogP) is 2.53. The highest BCUT2D eigenvalue weighted by Crippen LogP contribution is 2.06. The van der Waals surface area contributed by atoms with Crippen LogP contribution in [0.25, 0.3) is 0 Å². The minimum Gasteiger partial charge on any atom is -0.300 e. The van der Waals surface area contributed by atoms with Gasteiger partial charge in [0.15, 0.2) is 5.78 Å². The molecule has 0 heterocycles. The number of allylic oxidation sites excluding steroid dienone is 1. The molecule has 0 aromatic carbocycles. The second kappa shape index (κ2) is 6.58. The van der Waals surface area contributed by atoms with Crippen LogP contribution in [0.5, 0.6) is 0 Å². The van der Waals surface area contributed by atoms with Gasteiger partial charge < -0.3 is 0 Å². The van der Waals surface area contributed by atoms with Crippen molar-refractivity contribution in [2.75, 3.05) is 0 Å². The van der Waals surface area contributed by atoms with E-state index >= 15 is 0 Å². The van der Waals surface area contributed by atoms with Crippen LogP contribution in [-0.2, 0) is 9.59 Å². The summed E-state index contributed by atoms with van der Waals surface area (Å²) in [4.78, 5) is 22.0. The molecule has 2 heteroatoms. The Kier molecular flexibility index (Phi) is 6.11. The second-order valence-corrected chi connectivity index (χ2v) is 3.66. The lowest BCUT2D eigenvalue weighted by Gasteiger charge is -2.02. The maximum atomic E-state index is 11.2. The normalized spacial score (nSPS) is 10.1. The van der Waals surface area contributed by atoms with Crippen LogP contribution in [0, 0.1) is 5.92 Å². The van der Waals surface area contributed by atoms with Crippen LogP contribution >= 0.6 is 0 Å². The first-order chi connectivity index (χ1) is 6.06. The number of carbonyl (C=O) groups excluding carboxylic acids is 2. The van der Waals surface area contributed by atoms with E-state index in [9.17, 15) is 9.59 Å². The Morgan fingerprint density at radius 2 is 1.92 bits per heavy atom. The van der Waals surface area contributed by atoms with Crippen molar-refractivity contribution < 1.29 is 9.59 Å². The molecule has 0 aliphatic rings. The van der Waals surface area contributed by atoms with Crippen molar-refractivity contribution in [3.63, 3.8) is 0 Å². The first kappa shape index (κ1) is 12.1. The predicted molar refractivity (Wildman–Crippen MR) is 53.5 cm³/mol. The Hall–Kier alpha value is -0.920. The van der Waals surface area contributed by atoms with E-state index in [1.165, 1.54) is 6.08 Å². The first-order valence-corrected chi connectivity index (χ1v) is 4.73. The lowest BCUT2D eigenvalue weighted by Crippen LogP contribution is -2.03. The summed E-state index contributed by atoms with van der Waals surface area (Å²) in [6.45, 7) is 7.41. The number of Topliss-reactive ketones (excluding diaryl/α,β-unsaturated/α-hetero) is 1. The zero-order valence-corrected chi connectivity index (χ0v) is 8.51. The molecule has 0 aromatic heterocycles. The van der Waals surface area contributed by atoms with E-state index in [4.69, 9.17) is 0 Å². The highest BCUT2D eigenvalue weighted by molar-refractivity contribution is 5.89. The Labute approximate surface area is 80.0 Å². The molecule has 2 nitrogen and oxygen atoms in total. The zero-order valence-electron chi connectivity index (χ0n) is 8.51. The molecule has 0 radical (unpaired) electrons. The van der Waals surface area contributed by atoms with Crippen LogP contribution in [0.15, 0.2) is 12.7 Å². The monoisotopic (exact) mass is 182 g/mol. The molecule has 0 saturated heterocycles. The van der Waals surface area contributed by atoms with Gasteiger partial charge in [-0.1, -0.05) is 20.4 Å². The van der Waals surface area contributed by atoms with Gasteiger partial charge in [0.25, 0.3) is 0 Å². The van der Waals surface area contributed by atoms with E-state index in [2.05, 4.69) is 6.58 Å². The molecule has 0 spiro atoms. The molecular weight excluding hydrogens is 164 g/mol. The van der Waals surface area contributed by atoms with Crippen LogP contribution in [0.2, 0.25) is 0 Å². The summed E-state index contributed by atoms with van der Waals surface area (Å²) in [6, 6.07) is 0. The fraction of sp³-hybridized carbons (Fsp3) is 0.636. The average Bonchev–Trinajstić information content (AvgIpc) is 2.02. The Bertz CT molecular complexity index is 192. The smallest absolute Gasteiger partial charge is 0.155 e. The van der Waals surface area contributed by atoms with Gasteiger partial charge in [-0.2, -0.15) is 0 Å². The molecule has 0 aliphatic heterocycles. The second-order valence-electron chi connectivity index (χ2n) is 3.66. The molecular formula is C11H18O2. The lowest BCUT2D eigenvalue weighted by molar-refractivity contribution is -0.120. The molecule has 0 fully saturated rings. The first-order valence-electron chi connectivity index (χ1n) is 4.73. The van der Waals surface area contributed by atoms with E-state index in [1.54, 1.807) is 0 Å². The third-order valence-electron chi connectivity index (χ3n) is 1.74. The van der Waals surface area contributed by atoms with Gasteiger partial charge in [-0.25, -0.2) is 0 Å². The molecule has 74 valence electrons. The maximum Gasteiger partial charge on any atom is 0.155 e. The van der Waals surface area contributed by atoms with Gasteiger partial charge in [0, 0.05) is 19.3 Å². The molecule has 0 unspecified atom stereocenters. The molecule has 0 aromatic rings. The van der Waals surface area contributed by atoms with Gasteiger partial charge in [0.1, 0.15) is 5.78 Å². The Morgan fingerprint density at radius 3 is 2.38 bits per heavy atom. The van der Waals surface area contributed by atoms with Gasteiger partial charge in [-0.15, -0.1) is 0 Å². The van der Waals surface area contributed by atoms with Crippen LogP contribution in [0.3, 0.4) is 0 Å². The van der Waals surface area contributed by atoms with Crippen molar-refractivity contribution in [3.8, 4) is 0 Å². The summed E-state index contributed by atoms with van der Waals surface area (Å²) in [5.74, 6) is 0.701. The zero-order chi connectivity index (χ0) is 10.3. The number of hydrogen-bond acceptors (Lipinski definition) is 2. The number of carbonyl (C=O) groups is 2. The van der Waals surface area contributed by atoms with E-state index in [0.29, 0.717) is 31.6 Å².